The van der Waals surface area contributed by atoms with Crippen molar-refractivity contribution in [1.82, 2.24) is 0 Å². The number of hydrogen-bond donors (Lipinski definition) is 0. The first-order valence-corrected chi connectivity index (χ1v) is 18.1. The Kier molecular flexibility index (Phi) is 7.90. The highest BCUT2D eigenvalue weighted by Crippen LogP contribution is 2.51. The molecule has 0 unspecified atom stereocenters. The van der Waals surface area contributed by atoms with Crippen molar-refractivity contribution in [2.45, 2.75) is 19.3 Å². The van der Waals surface area contributed by atoms with E-state index in [-0.39, 0.29) is 5.41 Å². The van der Waals surface area contributed by atoms with E-state index in [9.17, 15) is 0 Å². The second kappa shape index (κ2) is 13.0. The zero-order valence-corrected chi connectivity index (χ0v) is 29.5. The fraction of sp³-hybridized carbons (Fsp3) is 0.0588. The van der Waals surface area contributed by atoms with Gasteiger partial charge in [0.05, 0.1) is 0 Å². The molecule has 0 amide bonds. The van der Waals surface area contributed by atoms with Gasteiger partial charge in [-0.1, -0.05) is 178 Å². The summed E-state index contributed by atoms with van der Waals surface area (Å²) in [6.45, 7) is 4.73. The Morgan fingerprint density at radius 2 is 0.923 bits per heavy atom. The molecule has 0 radical (unpaired) electrons. The summed E-state index contributed by atoms with van der Waals surface area (Å²) in [5.41, 5.74) is 16.0. The average Bonchev–Trinajstić information content (AvgIpc) is 3.43. The Morgan fingerprint density at radius 1 is 0.404 bits per heavy atom. The molecule has 0 bridgehead atoms. The van der Waals surface area contributed by atoms with Crippen LogP contribution in [0.4, 0.5) is 17.1 Å². The van der Waals surface area contributed by atoms with E-state index in [4.69, 9.17) is 0 Å². The zero-order valence-electron chi connectivity index (χ0n) is 29.5. The molecule has 0 atom stereocenters. The minimum Gasteiger partial charge on any atom is -0.310 e. The monoisotopic (exact) mass is 665 g/mol. The summed E-state index contributed by atoms with van der Waals surface area (Å²) >= 11 is 0. The van der Waals surface area contributed by atoms with E-state index in [1.807, 2.05) is 0 Å². The second-order valence-corrected chi connectivity index (χ2v) is 14.2. The number of hydrogen-bond acceptors (Lipinski definition) is 1. The SMILES string of the molecule is CC1(C)c2cc(/C=C/c3ccc(-c4ccccc4)c4c(-c5ccccc5)cccc34)ccc2-c2ccc(N(c3ccccc3)c3ccccc3)cc21. The van der Waals surface area contributed by atoms with Crippen LogP contribution in [0.15, 0.2) is 188 Å². The zero-order chi connectivity index (χ0) is 35.1. The first kappa shape index (κ1) is 31.5. The smallest absolute Gasteiger partial charge is 0.0465 e. The topological polar surface area (TPSA) is 3.24 Å². The number of benzene rings is 8. The summed E-state index contributed by atoms with van der Waals surface area (Å²) in [6, 6.07) is 68.0. The van der Waals surface area contributed by atoms with Crippen molar-refractivity contribution in [2.75, 3.05) is 4.90 Å². The van der Waals surface area contributed by atoms with Crippen LogP contribution in [0, 0.1) is 0 Å². The quantitative estimate of drug-likeness (QED) is 0.153. The highest BCUT2D eigenvalue weighted by atomic mass is 15.1. The standard InChI is InChI=1S/C51H39N/c1-51(2)48-34-36(27-31-46(48)47-33-30-42(35-49(47)51)52(40-20-11-5-12-21-40)41-22-13-6-14-23-41)26-28-39-29-32-45(38-18-9-4-10-19-38)50-43(24-15-25-44(39)50)37-16-7-3-8-17-37/h3-35H,1-2H3/b28-26+. The molecule has 1 aliphatic rings. The summed E-state index contributed by atoms with van der Waals surface area (Å²) in [4.78, 5) is 2.35. The predicted molar refractivity (Wildman–Crippen MR) is 222 cm³/mol. The van der Waals surface area contributed by atoms with Crippen molar-refractivity contribution in [1.29, 1.82) is 0 Å². The summed E-state index contributed by atoms with van der Waals surface area (Å²) < 4.78 is 0. The van der Waals surface area contributed by atoms with Crippen LogP contribution in [-0.2, 0) is 5.41 Å². The van der Waals surface area contributed by atoms with Crippen molar-refractivity contribution in [3.63, 3.8) is 0 Å². The number of fused-ring (bicyclic) bond motifs is 4. The molecule has 0 aromatic heterocycles. The Morgan fingerprint density at radius 3 is 1.54 bits per heavy atom. The highest BCUT2D eigenvalue weighted by molar-refractivity contribution is 6.10. The molecule has 0 fully saturated rings. The van der Waals surface area contributed by atoms with Crippen LogP contribution in [0.3, 0.4) is 0 Å². The van der Waals surface area contributed by atoms with Crippen molar-refractivity contribution in [3.8, 4) is 33.4 Å². The van der Waals surface area contributed by atoms with E-state index in [1.165, 1.54) is 66.4 Å². The predicted octanol–water partition coefficient (Wildman–Crippen LogP) is 14.1. The van der Waals surface area contributed by atoms with Gasteiger partial charge in [0.15, 0.2) is 0 Å². The molecule has 1 nitrogen and oxygen atoms in total. The molecule has 0 N–H and O–H groups in total. The molecule has 52 heavy (non-hydrogen) atoms. The van der Waals surface area contributed by atoms with Crippen LogP contribution in [0.5, 0.6) is 0 Å². The molecule has 1 heteroatoms. The molecular formula is C51H39N. The molecule has 0 saturated heterocycles. The van der Waals surface area contributed by atoms with E-state index in [2.05, 4.69) is 219 Å². The van der Waals surface area contributed by atoms with E-state index in [0.717, 1.165) is 17.1 Å². The Labute approximate surface area is 306 Å². The molecule has 0 heterocycles. The lowest BCUT2D eigenvalue weighted by Crippen LogP contribution is -2.16. The lowest BCUT2D eigenvalue weighted by atomic mass is 9.81. The van der Waals surface area contributed by atoms with E-state index >= 15 is 0 Å². The first-order chi connectivity index (χ1) is 25.6. The molecule has 8 aromatic rings. The lowest BCUT2D eigenvalue weighted by Gasteiger charge is -2.28. The largest absolute Gasteiger partial charge is 0.310 e. The van der Waals surface area contributed by atoms with Gasteiger partial charge < -0.3 is 4.90 Å². The van der Waals surface area contributed by atoms with Gasteiger partial charge in [0, 0.05) is 22.5 Å². The fourth-order valence-electron chi connectivity index (χ4n) is 8.06. The van der Waals surface area contributed by atoms with Gasteiger partial charge in [-0.25, -0.2) is 0 Å². The van der Waals surface area contributed by atoms with Gasteiger partial charge in [-0.3, -0.25) is 0 Å². The molecular weight excluding hydrogens is 627 g/mol. The molecule has 0 aliphatic heterocycles. The van der Waals surface area contributed by atoms with Crippen LogP contribution in [0.25, 0.3) is 56.3 Å². The maximum absolute atomic E-state index is 2.40. The second-order valence-electron chi connectivity index (χ2n) is 14.2. The number of anilines is 3. The first-order valence-electron chi connectivity index (χ1n) is 18.1. The third-order valence-corrected chi connectivity index (χ3v) is 10.7. The molecule has 1 aliphatic carbocycles. The normalized spacial score (nSPS) is 12.9. The van der Waals surface area contributed by atoms with Gasteiger partial charge in [0.25, 0.3) is 0 Å². The van der Waals surface area contributed by atoms with Crippen molar-refractivity contribution in [2.24, 2.45) is 0 Å². The van der Waals surface area contributed by atoms with Crippen LogP contribution in [-0.4, -0.2) is 0 Å². The molecule has 248 valence electrons. The van der Waals surface area contributed by atoms with Crippen molar-refractivity contribution < 1.29 is 0 Å². The van der Waals surface area contributed by atoms with Gasteiger partial charge >= 0.3 is 0 Å². The van der Waals surface area contributed by atoms with Crippen LogP contribution in [0.2, 0.25) is 0 Å². The summed E-state index contributed by atoms with van der Waals surface area (Å²) in [5.74, 6) is 0. The Balaban J connectivity index is 1.10. The average molecular weight is 666 g/mol. The molecule has 8 aromatic carbocycles. The van der Waals surface area contributed by atoms with E-state index in [1.54, 1.807) is 0 Å². The molecule has 0 saturated carbocycles. The van der Waals surface area contributed by atoms with Gasteiger partial charge in [-0.05, 0) is 103 Å². The summed E-state index contributed by atoms with van der Waals surface area (Å²) in [7, 11) is 0. The van der Waals surface area contributed by atoms with E-state index in [0.29, 0.717) is 0 Å². The summed E-state index contributed by atoms with van der Waals surface area (Å²) in [5, 5.41) is 2.53. The maximum Gasteiger partial charge on any atom is 0.0465 e. The fourth-order valence-corrected chi connectivity index (χ4v) is 8.06. The number of nitrogens with zero attached hydrogens (tertiary/aromatic N) is 1. The lowest BCUT2D eigenvalue weighted by molar-refractivity contribution is 0.660. The number of para-hydroxylation sites is 2. The minimum absolute atomic E-state index is 0.155. The van der Waals surface area contributed by atoms with Crippen LogP contribution >= 0.6 is 0 Å². The van der Waals surface area contributed by atoms with Gasteiger partial charge in [0.1, 0.15) is 0 Å². The molecule has 9 rings (SSSR count). The van der Waals surface area contributed by atoms with Crippen LogP contribution in [0.1, 0.15) is 36.1 Å². The minimum atomic E-state index is -0.155. The Bertz CT molecular complexity index is 2480. The summed E-state index contributed by atoms with van der Waals surface area (Å²) in [6.07, 6.45) is 4.57. The van der Waals surface area contributed by atoms with Gasteiger partial charge in [0.2, 0.25) is 0 Å². The van der Waals surface area contributed by atoms with Gasteiger partial charge in [-0.15, -0.1) is 0 Å². The highest BCUT2D eigenvalue weighted by Gasteiger charge is 2.36. The number of rotatable bonds is 7. The Hall–Kier alpha value is -6.44. The van der Waals surface area contributed by atoms with Crippen molar-refractivity contribution in [3.05, 3.63) is 210 Å². The third-order valence-electron chi connectivity index (χ3n) is 10.7. The third kappa shape index (κ3) is 5.52. The maximum atomic E-state index is 2.40. The van der Waals surface area contributed by atoms with Crippen LogP contribution < -0.4 is 4.90 Å². The van der Waals surface area contributed by atoms with E-state index < -0.39 is 0 Å². The van der Waals surface area contributed by atoms with Crippen molar-refractivity contribution >= 4 is 40.0 Å². The molecule has 0 spiro atoms. The van der Waals surface area contributed by atoms with Gasteiger partial charge in [-0.2, -0.15) is 0 Å².